The lowest BCUT2D eigenvalue weighted by Crippen LogP contribution is -2.61. The Balaban J connectivity index is 2.59. The Morgan fingerprint density at radius 1 is 0.476 bits per heavy atom. The van der Waals surface area contributed by atoms with Crippen molar-refractivity contribution in [3.8, 4) is 0 Å². The van der Waals surface area contributed by atoms with Crippen molar-refractivity contribution in [1.82, 2.24) is 5.32 Å². The van der Waals surface area contributed by atoms with Gasteiger partial charge in [0.1, 0.15) is 24.4 Å². The maximum Gasteiger partial charge on any atom is 0.306 e. The molecule has 0 spiro atoms. The number of hydrogen-bond acceptors (Lipinski definition) is 10. The minimum atomic E-state index is -1.63. The van der Waals surface area contributed by atoms with E-state index in [-0.39, 0.29) is 19.4 Å². The Morgan fingerprint density at radius 3 is 1.31 bits per heavy atom. The van der Waals surface area contributed by atoms with E-state index < -0.39 is 67.4 Å². The van der Waals surface area contributed by atoms with Crippen LogP contribution in [0.15, 0.2) is 109 Å². The van der Waals surface area contributed by atoms with Crippen LogP contribution in [0.4, 0.5) is 0 Å². The van der Waals surface area contributed by atoms with E-state index >= 15 is 0 Å². The molecule has 1 aliphatic rings. The molecule has 0 aromatic heterocycles. The van der Waals surface area contributed by atoms with E-state index in [0.29, 0.717) is 12.8 Å². The molecule has 1 heterocycles. The normalized spacial score (nSPS) is 19.2. The topological polar surface area (TPSA) is 175 Å². The van der Waals surface area contributed by atoms with Crippen molar-refractivity contribution in [1.29, 1.82) is 0 Å². The molecule has 11 heteroatoms. The molecule has 8 unspecified atom stereocenters. The number of carbonyl (C=O) groups excluding carboxylic acids is 2. The first kappa shape index (κ1) is 78.3. The Morgan fingerprint density at radius 2 is 0.857 bits per heavy atom. The second-order valence-electron chi connectivity index (χ2n) is 23.2. The minimum Gasteiger partial charge on any atom is -0.454 e. The smallest absolute Gasteiger partial charge is 0.306 e. The van der Waals surface area contributed by atoms with Crippen molar-refractivity contribution in [2.75, 3.05) is 13.2 Å². The van der Waals surface area contributed by atoms with Crippen molar-refractivity contribution in [2.45, 2.75) is 327 Å². The lowest BCUT2D eigenvalue weighted by atomic mass is 9.99. The van der Waals surface area contributed by atoms with E-state index in [0.717, 1.165) is 135 Å². The number of rotatable bonds is 57. The van der Waals surface area contributed by atoms with Crippen LogP contribution in [0.1, 0.15) is 278 Å². The highest BCUT2D eigenvalue weighted by atomic mass is 16.7. The summed E-state index contributed by atoms with van der Waals surface area (Å²) >= 11 is 0. The molecule has 0 radical (unpaired) electrons. The van der Waals surface area contributed by atoms with E-state index in [2.05, 4.69) is 123 Å². The number of aliphatic hydroxyl groups excluding tert-OH is 5. The van der Waals surface area contributed by atoms with Gasteiger partial charge in [0.25, 0.3) is 0 Å². The summed E-state index contributed by atoms with van der Waals surface area (Å²) < 4.78 is 17.7. The van der Waals surface area contributed by atoms with Crippen LogP contribution < -0.4 is 5.32 Å². The molecule has 0 aliphatic carbocycles. The Kier molecular flexibility index (Phi) is 55.6. The highest BCUT2D eigenvalue weighted by Crippen LogP contribution is 2.26. The van der Waals surface area contributed by atoms with Crippen molar-refractivity contribution >= 4 is 11.9 Å². The van der Waals surface area contributed by atoms with Crippen molar-refractivity contribution in [3.63, 3.8) is 0 Å². The number of allylic oxidation sites excluding steroid dienone is 17. The second-order valence-corrected chi connectivity index (χ2v) is 23.2. The molecule has 0 bridgehead atoms. The summed E-state index contributed by atoms with van der Waals surface area (Å²) in [6, 6.07) is -1.04. The van der Waals surface area contributed by atoms with Crippen LogP contribution in [-0.4, -0.2) is 99.6 Å². The molecule has 0 aromatic carbocycles. The first-order valence-corrected chi connectivity index (χ1v) is 34.2. The van der Waals surface area contributed by atoms with Crippen LogP contribution in [0, 0.1) is 0 Å². The Bertz CT molecular complexity index is 1780. The van der Waals surface area contributed by atoms with Crippen molar-refractivity contribution in [3.05, 3.63) is 109 Å². The number of hydrogen-bond donors (Lipinski definition) is 6. The lowest BCUT2D eigenvalue weighted by Gasteiger charge is -2.41. The summed E-state index contributed by atoms with van der Waals surface area (Å²) in [7, 11) is 0. The standard InChI is InChI=1S/C73H125NO10/c1-4-7-10-13-16-19-22-25-27-29-30-31-32-33-34-35-36-37-38-39-41-43-46-49-52-55-58-61-68(78)84-71-70(80)69(79)67(62-75)83-73(71)82-63-64(65(76)59-56-53-50-47-44-24-21-18-15-12-9-6-3)74-72(81)66(77)60-57-54-51-48-45-42-40-28-26-23-20-17-14-11-8-5-2/h7,10,16-17,19-20,25-28,30-31,33-34,36-37,56,59,64-67,69-71,73,75-77,79-80H,4-6,8-9,11-15,18,21-24,29,32,35,38-55,57-58,60-63H2,1-3H3,(H,74,81)/b10-7-,19-16-,20-17-,27-25-,28-26-,31-30-,34-33-,37-36-,59-56+. The van der Waals surface area contributed by atoms with Gasteiger partial charge in [0, 0.05) is 6.42 Å². The Labute approximate surface area is 513 Å². The fourth-order valence-electron chi connectivity index (χ4n) is 10.0. The molecule has 1 fully saturated rings. The van der Waals surface area contributed by atoms with Gasteiger partial charge < -0.3 is 45.1 Å². The highest BCUT2D eigenvalue weighted by molar-refractivity contribution is 5.80. The maximum absolute atomic E-state index is 13.4. The van der Waals surface area contributed by atoms with Gasteiger partial charge in [-0.3, -0.25) is 9.59 Å². The molecule has 1 amide bonds. The molecule has 1 rings (SSSR count). The number of nitrogens with one attached hydrogen (secondary N) is 1. The largest absolute Gasteiger partial charge is 0.454 e. The van der Waals surface area contributed by atoms with E-state index in [1.54, 1.807) is 6.08 Å². The molecule has 8 atom stereocenters. The van der Waals surface area contributed by atoms with Crippen LogP contribution >= 0.6 is 0 Å². The first-order valence-electron chi connectivity index (χ1n) is 34.2. The van der Waals surface area contributed by atoms with Gasteiger partial charge in [-0.15, -0.1) is 0 Å². The average molecular weight is 1180 g/mol. The zero-order valence-corrected chi connectivity index (χ0v) is 53.5. The van der Waals surface area contributed by atoms with Gasteiger partial charge in [-0.05, 0) is 109 Å². The Hall–Kier alpha value is -3.68. The quantitative estimate of drug-likeness (QED) is 0.0195. The van der Waals surface area contributed by atoms with Gasteiger partial charge in [-0.1, -0.05) is 271 Å². The molecular formula is C73H125NO10. The summed E-state index contributed by atoms with van der Waals surface area (Å²) in [6.07, 6.45) is 71.2. The third kappa shape index (κ3) is 46.5. The minimum absolute atomic E-state index is 0.107. The van der Waals surface area contributed by atoms with Crippen LogP contribution in [0.2, 0.25) is 0 Å². The third-order valence-electron chi connectivity index (χ3n) is 15.4. The van der Waals surface area contributed by atoms with Gasteiger partial charge in [0.05, 0.1) is 25.4 Å². The number of carbonyl (C=O) groups is 2. The molecule has 0 saturated carbocycles. The molecule has 1 saturated heterocycles. The zero-order valence-electron chi connectivity index (χ0n) is 53.5. The fraction of sp³-hybridized carbons (Fsp3) is 0.726. The van der Waals surface area contributed by atoms with Gasteiger partial charge in [-0.25, -0.2) is 0 Å². The van der Waals surface area contributed by atoms with E-state index in [4.69, 9.17) is 14.2 Å². The van der Waals surface area contributed by atoms with Crippen LogP contribution in [-0.2, 0) is 23.8 Å². The van der Waals surface area contributed by atoms with Crippen molar-refractivity contribution < 1.29 is 49.3 Å². The predicted molar refractivity (Wildman–Crippen MR) is 351 cm³/mol. The van der Waals surface area contributed by atoms with Crippen LogP contribution in [0.3, 0.4) is 0 Å². The number of aliphatic hydroxyl groups is 5. The molecule has 482 valence electrons. The number of ether oxygens (including phenoxy) is 3. The van der Waals surface area contributed by atoms with Gasteiger partial charge in [-0.2, -0.15) is 0 Å². The van der Waals surface area contributed by atoms with Gasteiger partial charge in [0.15, 0.2) is 12.4 Å². The third-order valence-corrected chi connectivity index (χ3v) is 15.4. The molecule has 6 N–H and O–H groups in total. The summed E-state index contributed by atoms with van der Waals surface area (Å²) in [4.78, 5) is 26.6. The maximum atomic E-state index is 13.4. The summed E-state index contributed by atoms with van der Waals surface area (Å²) in [5.41, 5.74) is 0. The SMILES string of the molecule is CC/C=C\C/C=C\C/C=C\C/C=C\C/C=C\C/C=C\CCCCCCCCCCC(=O)OC1C(OCC(NC(=O)C(O)CCCCCCCC/C=C\C/C=C\CCCCC)C(O)/C=C/CCCCCCCCCCCC)OC(CO)C(O)C1O. The molecule has 11 nitrogen and oxygen atoms in total. The highest BCUT2D eigenvalue weighted by Gasteiger charge is 2.47. The number of esters is 1. The van der Waals surface area contributed by atoms with E-state index in [1.807, 2.05) is 6.08 Å². The van der Waals surface area contributed by atoms with Crippen LogP contribution in [0.5, 0.6) is 0 Å². The second kappa shape index (κ2) is 59.6. The lowest BCUT2D eigenvalue weighted by molar-refractivity contribution is -0.305. The van der Waals surface area contributed by atoms with Gasteiger partial charge >= 0.3 is 5.97 Å². The molecule has 84 heavy (non-hydrogen) atoms. The summed E-state index contributed by atoms with van der Waals surface area (Å²) in [5, 5.41) is 57.1. The predicted octanol–water partition coefficient (Wildman–Crippen LogP) is 17.2. The monoisotopic (exact) mass is 1180 g/mol. The van der Waals surface area contributed by atoms with Crippen LogP contribution in [0.25, 0.3) is 0 Å². The van der Waals surface area contributed by atoms with E-state index in [9.17, 15) is 35.1 Å². The summed E-state index contributed by atoms with van der Waals surface area (Å²) in [5.74, 6) is -1.21. The molecule has 0 aromatic rings. The summed E-state index contributed by atoms with van der Waals surface area (Å²) in [6.45, 7) is 5.65. The zero-order chi connectivity index (χ0) is 61.0. The number of unbranched alkanes of at least 4 members (excludes halogenated alkanes) is 27. The average Bonchev–Trinajstić information content (AvgIpc) is 3.69. The number of amides is 1. The molecule has 1 aliphatic heterocycles. The fourth-order valence-corrected chi connectivity index (χ4v) is 10.0. The van der Waals surface area contributed by atoms with E-state index in [1.165, 1.54) is 96.3 Å². The first-order chi connectivity index (χ1) is 41.2. The van der Waals surface area contributed by atoms with Gasteiger partial charge in [0.2, 0.25) is 5.91 Å². The van der Waals surface area contributed by atoms with Crippen molar-refractivity contribution in [2.24, 2.45) is 0 Å². The molecular weight excluding hydrogens is 1050 g/mol.